The Labute approximate surface area is 154 Å². The predicted molar refractivity (Wildman–Crippen MR) is 98.8 cm³/mol. The van der Waals surface area contributed by atoms with Crippen LogP contribution < -0.4 is 4.90 Å². The van der Waals surface area contributed by atoms with Gasteiger partial charge in [-0.25, -0.2) is 4.79 Å². The van der Waals surface area contributed by atoms with Gasteiger partial charge in [-0.2, -0.15) is 8.42 Å². The number of anilines is 1. The molecule has 2 heterocycles. The van der Waals surface area contributed by atoms with E-state index in [4.69, 9.17) is 4.74 Å². The second-order valence-electron chi connectivity index (χ2n) is 7.35. The minimum Gasteiger partial charge on any atom is -0.444 e. The molecule has 1 saturated heterocycles. The highest BCUT2D eigenvalue weighted by Gasteiger charge is 2.34. The van der Waals surface area contributed by atoms with Crippen molar-refractivity contribution >= 4 is 27.8 Å². The Morgan fingerprint density at radius 1 is 1.12 bits per heavy atom. The summed E-state index contributed by atoms with van der Waals surface area (Å²) >= 11 is 0. The van der Waals surface area contributed by atoms with Gasteiger partial charge in [-0.1, -0.05) is 12.1 Å². The minimum atomic E-state index is -3.73. The Kier molecular flexibility index (Phi) is 4.60. The van der Waals surface area contributed by atoms with Gasteiger partial charge in [-0.05, 0) is 32.9 Å². The molecule has 2 aliphatic heterocycles. The Balaban J connectivity index is 1.74. The van der Waals surface area contributed by atoms with Crippen molar-refractivity contribution in [2.75, 3.05) is 38.1 Å². The largest absolute Gasteiger partial charge is 0.444 e. The summed E-state index contributed by atoms with van der Waals surface area (Å²) in [5.74, 6) is 0.382. The van der Waals surface area contributed by atoms with Crippen LogP contribution in [0.25, 0.3) is 0 Å². The maximum atomic E-state index is 12.5. The summed E-state index contributed by atoms with van der Waals surface area (Å²) in [5.41, 5.74) is 0.0618. The van der Waals surface area contributed by atoms with E-state index in [1.807, 2.05) is 25.7 Å². The molecule has 0 N–H and O–H groups in total. The third kappa shape index (κ3) is 3.62. The van der Waals surface area contributed by atoms with Gasteiger partial charge in [0.05, 0.1) is 5.69 Å². The van der Waals surface area contributed by atoms with Gasteiger partial charge >= 0.3 is 6.09 Å². The summed E-state index contributed by atoms with van der Waals surface area (Å²) < 4.78 is 34.3. The highest BCUT2D eigenvalue weighted by Crippen LogP contribution is 2.31. The summed E-state index contributed by atoms with van der Waals surface area (Å²) in [6.07, 6.45) is -0.353. The molecule has 0 aliphatic carbocycles. The first kappa shape index (κ1) is 18.5. The van der Waals surface area contributed by atoms with Gasteiger partial charge in [-0.15, -0.1) is 4.40 Å². The lowest BCUT2D eigenvalue weighted by atomic mass is 10.2. The standard InChI is InChI=1S/C17H24N4O4S/c1-17(2,3)25-16(22)21-11-9-20(10-12-21)15-18-26(23,24)14-8-6-5-7-13(14)19(15)4/h5-8H,9-12H2,1-4H3. The number of rotatable bonds is 0. The molecule has 26 heavy (non-hydrogen) atoms. The van der Waals surface area contributed by atoms with Gasteiger partial charge in [0, 0.05) is 33.2 Å². The first-order valence-corrected chi connectivity index (χ1v) is 9.93. The van der Waals surface area contributed by atoms with E-state index >= 15 is 0 Å². The van der Waals surface area contributed by atoms with Crippen LogP contribution >= 0.6 is 0 Å². The molecule has 1 aromatic rings. The number of carbonyl (C=O) groups excluding carboxylic acids is 1. The van der Waals surface area contributed by atoms with Crippen molar-refractivity contribution in [1.82, 2.24) is 9.80 Å². The van der Waals surface area contributed by atoms with Gasteiger partial charge in [0.1, 0.15) is 10.5 Å². The fraction of sp³-hybridized carbons (Fsp3) is 0.529. The first-order valence-electron chi connectivity index (χ1n) is 8.49. The average Bonchev–Trinajstić information content (AvgIpc) is 2.57. The first-order chi connectivity index (χ1) is 12.1. The van der Waals surface area contributed by atoms with Crippen molar-refractivity contribution in [1.29, 1.82) is 0 Å². The molecular formula is C17H24N4O4S. The maximum absolute atomic E-state index is 12.5. The lowest BCUT2D eigenvalue weighted by Crippen LogP contribution is -2.55. The molecule has 0 bridgehead atoms. The zero-order chi connectivity index (χ0) is 19.1. The number of carbonyl (C=O) groups is 1. The maximum Gasteiger partial charge on any atom is 0.410 e. The fourth-order valence-corrected chi connectivity index (χ4v) is 4.23. The van der Waals surface area contributed by atoms with Gasteiger partial charge in [-0.3, -0.25) is 0 Å². The number of amides is 1. The SMILES string of the molecule is CN1C(N2CCN(C(=O)OC(C)(C)C)CC2)=NS(=O)(=O)c2ccccc21. The molecule has 142 valence electrons. The van der Waals surface area contributed by atoms with Crippen LogP contribution in [0.5, 0.6) is 0 Å². The molecule has 1 aromatic carbocycles. The number of hydrogen-bond acceptors (Lipinski definition) is 6. The highest BCUT2D eigenvalue weighted by atomic mass is 32.2. The Morgan fingerprint density at radius 2 is 1.73 bits per heavy atom. The molecule has 0 aromatic heterocycles. The van der Waals surface area contributed by atoms with E-state index in [-0.39, 0.29) is 11.0 Å². The average molecular weight is 380 g/mol. The summed E-state index contributed by atoms with van der Waals surface area (Å²) in [4.78, 5) is 17.7. The molecule has 9 heteroatoms. The number of piperazine rings is 1. The Hall–Kier alpha value is -2.29. The Morgan fingerprint density at radius 3 is 2.35 bits per heavy atom. The predicted octanol–water partition coefficient (Wildman–Crippen LogP) is 1.73. The van der Waals surface area contributed by atoms with Crippen molar-refractivity contribution in [2.45, 2.75) is 31.3 Å². The number of fused-ring (bicyclic) bond motifs is 1. The third-order valence-corrected chi connectivity index (χ3v) is 5.53. The zero-order valence-corrected chi connectivity index (χ0v) is 16.3. The number of hydrogen-bond donors (Lipinski definition) is 0. The van der Waals surface area contributed by atoms with Gasteiger partial charge in [0.25, 0.3) is 10.0 Å². The summed E-state index contributed by atoms with van der Waals surface area (Å²) in [5, 5.41) is 0. The quantitative estimate of drug-likeness (QED) is 0.682. The van der Waals surface area contributed by atoms with Crippen molar-refractivity contribution in [3.63, 3.8) is 0 Å². The van der Waals surface area contributed by atoms with E-state index in [1.54, 1.807) is 41.1 Å². The molecule has 1 fully saturated rings. The van der Waals surface area contributed by atoms with Crippen LogP contribution in [0, 0.1) is 0 Å². The number of para-hydroxylation sites is 1. The lowest BCUT2D eigenvalue weighted by molar-refractivity contribution is 0.0186. The van der Waals surface area contributed by atoms with Crippen LogP contribution in [-0.2, 0) is 14.8 Å². The van der Waals surface area contributed by atoms with E-state index in [2.05, 4.69) is 4.40 Å². The van der Waals surface area contributed by atoms with E-state index in [0.717, 1.165) is 0 Å². The van der Waals surface area contributed by atoms with E-state index in [1.165, 1.54) is 0 Å². The Bertz CT molecular complexity index is 837. The van der Waals surface area contributed by atoms with Gasteiger partial charge < -0.3 is 19.4 Å². The van der Waals surface area contributed by atoms with Crippen LogP contribution in [-0.4, -0.2) is 69.1 Å². The molecular weight excluding hydrogens is 356 g/mol. The van der Waals surface area contributed by atoms with Crippen LogP contribution in [0.4, 0.5) is 10.5 Å². The van der Waals surface area contributed by atoms with E-state index in [9.17, 15) is 13.2 Å². The number of nitrogens with zero attached hydrogens (tertiary/aromatic N) is 4. The van der Waals surface area contributed by atoms with Crippen LogP contribution in [0.3, 0.4) is 0 Å². The molecule has 0 radical (unpaired) electrons. The smallest absolute Gasteiger partial charge is 0.410 e. The monoisotopic (exact) mass is 380 g/mol. The van der Waals surface area contributed by atoms with E-state index in [0.29, 0.717) is 37.8 Å². The topological polar surface area (TPSA) is 82.5 Å². The minimum absolute atomic E-state index is 0.207. The second-order valence-corrected chi connectivity index (χ2v) is 8.92. The molecule has 0 unspecified atom stereocenters. The van der Waals surface area contributed by atoms with Crippen molar-refractivity contribution < 1.29 is 17.9 Å². The van der Waals surface area contributed by atoms with E-state index < -0.39 is 15.6 Å². The molecule has 0 atom stereocenters. The fourth-order valence-electron chi connectivity index (χ4n) is 2.96. The summed E-state index contributed by atoms with van der Waals surface area (Å²) in [7, 11) is -1.93. The van der Waals surface area contributed by atoms with Gasteiger partial charge in [0.2, 0.25) is 5.96 Å². The van der Waals surface area contributed by atoms with Crippen molar-refractivity contribution in [2.24, 2.45) is 4.40 Å². The number of sulfonamides is 1. The number of guanidine groups is 1. The molecule has 0 saturated carbocycles. The third-order valence-electron chi connectivity index (χ3n) is 4.22. The van der Waals surface area contributed by atoms with Crippen molar-refractivity contribution in [3.05, 3.63) is 24.3 Å². The molecule has 1 amide bonds. The van der Waals surface area contributed by atoms with Crippen LogP contribution in [0.2, 0.25) is 0 Å². The lowest BCUT2D eigenvalue weighted by Gasteiger charge is -2.40. The molecule has 0 spiro atoms. The van der Waals surface area contributed by atoms with Crippen molar-refractivity contribution in [3.8, 4) is 0 Å². The molecule has 3 rings (SSSR count). The number of ether oxygens (including phenoxy) is 1. The van der Waals surface area contributed by atoms with Crippen LogP contribution in [0.15, 0.2) is 33.6 Å². The second kappa shape index (κ2) is 6.46. The van der Waals surface area contributed by atoms with Gasteiger partial charge in [0.15, 0.2) is 0 Å². The highest BCUT2D eigenvalue weighted by molar-refractivity contribution is 7.90. The summed E-state index contributed by atoms with van der Waals surface area (Å²) in [6, 6.07) is 6.80. The summed E-state index contributed by atoms with van der Waals surface area (Å²) in [6.45, 7) is 7.35. The number of benzene rings is 1. The normalized spacial score (nSPS) is 19.7. The van der Waals surface area contributed by atoms with Crippen LogP contribution in [0.1, 0.15) is 20.8 Å². The zero-order valence-electron chi connectivity index (χ0n) is 15.5. The molecule has 2 aliphatic rings. The molecule has 8 nitrogen and oxygen atoms in total.